The maximum atomic E-state index is 13.9. The summed E-state index contributed by atoms with van der Waals surface area (Å²) in [4.78, 5) is 65.8. The molecule has 0 unspecified atom stereocenters. The Morgan fingerprint density at radius 1 is 0.830 bits per heavy atom. The Labute approximate surface area is 311 Å². The van der Waals surface area contributed by atoms with E-state index in [0.29, 0.717) is 23.1 Å². The first-order chi connectivity index (χ1) is 24.9. The number of rotatable bonds is 10. The van der Waals surface area contributed by atoms with Crippen LogP contribution in [-0.2, 0) is 52.4 Å². The summed E-state index contributed by atoms with van der Waals surface area (Å²) in [5, 5.41) is 0. The van der Waals surface area contributed by atoms with Crippen LogP contribution in [0.4, 0.5) is 0 Å². The SMILES string of the molecule is C/C=C(\C)C(=O)O[C@@H]1[C@@H]2OC[C@@]3(C)[C@@H]2[C@](C)([C@@H](OC(=O)/C(C)=C/C)C[C@H]3OC(C)=O)[C@@H](COC(C)=O)[C@]1(C)C1=C(C)[C@H](c2ccoc2)C[C@@H]1OC(C)=O. The van der Waals surface area contributed by atoms with Crippen LogP contribution in [-0.4, -0.2) is 73.6 Å². The Bertz CT molecular complexity index is 1720. The minimum Gasteiger partial charge on any atom is -0.472 e. The van der Waals surface area contributed by atoms with Gasteiger partial charge in [0.25, 0.3) is 0 Å². The third-order valence-electron chi connectivity index (χ3n) is 12.8. The molecule has 1 aliphatic heterocycles. The molecule has 3 aliphatic carbocycles. The summed E-state index contributed by atoms with van der Waals surface area (Å²) in [6.45, 7) is 18.7. The number of furan rings is 1. The summed E-state index contributed by atoms with van der Waals surface area (Å²) >= 11 is 0. The predicted molar refractivity (Wildman–Crippen MR) is 191 cm³/mol. The van der Waals surface area contributed by atoms with Gasteiger partial charge in [-0.05, 0) is 58.2 Å². The fourth-order valence-electron chi connectivity index (χ4n) is 10.2. The zero-order valence-electron chi connectivity index (χ0n) is 32.7. The lowest BCUT2D eigenvalue weighted by Gasteiger charge is -2.66. The second-order valence-corrected chi connectivity index (χ2v) is 15.8. The van der Waals surface area contributed by atoms with E-state index in [1.54, 1.807) is 52.4 Å². The second kappa shape index (κ2) is 14.9. The molecule has 0 aromatic carbocycles. The first-order valence-electron chi connectivity index (χ1n) is 18.4. The Balaban J connectivity index is 1.86. The van der Waals surface area contributed by atoms with Crippen molar-refractivity contribution in [2.75, 3.05) is 13.2 Å². The normalized spacial score (nSPS) is 36.7. The largest absolute Gasteiger partial charge is 0.472 e. The number of esters is 5. The summed E-state index contributed by atoms with van der Waals surface area (Å²) in [6, 6.07) is 1.87. The number of hydrogen-bond donors (Lipinski definition) is 0. The molecule has 290 valence electrons. The van der Waals surface area contributed by atoms with Gasteiger partial charge in [0.05, 0.1) is 31.8 Å². The second-order valence-electron chi connectivity index (χ2n) is 15.8. The van der Waals surface area contributed by atoms with Crippen molar-refractivity contribution in [2.45, 2.75) is 125 Å². The van der Waals surface area contributed by atoms with Crippen molar-refractivity contribution in [3.8, 4) is 0 Å². The molecule has 53 heavy (non-hydrogen) atoms. The monoisotopic (exact) mass is 738 g/mol. The van der Waals surface area contributed by atoms with Gasteiger partial charge in [0.1, 0.15) is 24.4 Å². The molecule has 1 saturated heterocycles. The summed E-state index contributed by atoms with van der Waals surface area (Å²) < 4.78 is 43.4. The predicted octanol–water partition coefficient (Wildman–Crippen LogP) is 6.33. The van der Waals surface area contributed by atoms with Gasteiger partial charge in [-0.25, -0.2) is 9.59 Å². The first kappa shape index (κ1) is 40.0. The highest BCUT2D eigenvalue weighted by molar-refractivity contribution is 5.88. The summed E-state index contributed by atoms with van der Waals surface area (Å²) in [6.07, 6.45) is 2.88. The topological polar surface area (TPSA) is 154 Å². The first-order valence-corrected chi connectivity index (χ1v) is 18.4. The molecule has 12 nitrogen and oxygen atoms in total. The lowest BCUT2D eigenvalue weighted by Crippen LogP contribution is -2.73. The molecule has 2 heterocycles. The van der Waals surface area contributed by atoms with E-state index in [4.69, 9.17) is 32.8 Å². The average Bonchev–Trinajstić information content (AvgIpc) is 3.82. The van der Waals surface area contributed by atoms with E-state index < -0.39 is 88.4 Å². The van der Waals surface area contributed by atoms with Crippen LogP contribution >= 0.6 is 0 Å². The maximum Gasteiger partial charge on any atom is 0.333 e. The Hall–Kier alpha value is -4.19. The Morgan fingerprint density at radius 3 is 2.00 bits per heavy atom. The van der Waals surface area contributed by atoms with Gasteiger partial charge in [-0.15, -0.1) is 0 Å². The summed E-state index contributed by atoms with van der Waals surface area (Å²) in [5.74, 6) is -4.13. The van der Waals surface area contributed by atoms with Crippen molar-refractivity contribution in [1.82, 2.24) is 0 Å². The Morgan fingerprint density at radius 2 is 1.45 bits per heavy atom. The van der Waals surface area contributed by atoms with Gasteiger partial charge in [0.15, 0.2) is 0 Å². The highest BCUT2D eigenvalue weighted by Gasteiger charge is 2.77. The van der Waals surface area contributed by atoms with Gasteiger partial charge >= 0.3 is 29.8 Å². The van der Waals surface area contributed by atoms with Crippen molar-refractivity contribution < 1.29 is 56.8 Å². The number of allylic oxidation sites excluding steroid dienone is 3. The van der Waals surface area contributed by atoms with Crippen molar-refractivity contribution in [3.63, 3.8) is 0 Å². The molecule has 2 saturated carbocycles. The van der Waals surface area contributed by atoms with Gasteiger partial charge in [-0.3, -0.25) is 14.4 Å². The lowest BCUT2D eigenvalue weighted by molar-refractivity contribution is -0.265. The molecule has 1 aromatic rings. The molecular weight excluding hydrogens is 684 g/mol. The summed E-state index contributed by atoms with van der Waals surface area (Å²) in [5.41, 5.74) is 0.0886. The van der Waals surface area contributed by atoms with E-state index in [1.165, 1.54) is 20.8 Å². The van der Waals surface area contributed by atoms with E-state index in [9.17, 15) is 24.0 Å². The van der Waals surface area contributed by atoms with Gasteiger partial charge in [0.2, 0.25) is 0 Å². The molecule has 0 N–H and O–H groups in total. The van der Waals surface area contributed by atoms with Crippen LogP contribution in [0.1, 0.15) is 100 Å². The molecule has 0 radical (unpaired) electrons. The van der Waals surface area contributed by atoms with Gasteiger partial charge in [0, 0.05) is 72.3 Å². The molecule has 5 rings (SSSR count). The smallest absolute Gasteiger partial charge is 0.333 e. The molecule has 3 fully saturated rings. The van der Waals surface area contributed by atoms with Crippen LogP contribution in [0, 0.1) is 28.1 Å². The van der Waals surface area contributed by atoms with Crippen LogP contribution in [0.5, 0.6) is 0 Å². The average molecular weight is 739 g/mol. The molecule has 0 bridgehead atoms. The van der Waals surface area contributed by atoms with Gasteiger partial charge in [-0.1, -0.05) is 38.5 Å². The van der Waals surface area contributed by atoms with E-state index >= 15 is 0 Å². The van der Waals surface area contributed by atoms with Crippen LogP contribution in [0.15, 0.2) is 57.5 Å². The third kappa shape index (κ3) is 6.76. The quantitative estimate of drug-likeness (QED) is 0.114. The highest BCUT2D eigenvalue weighted by Crippen LogP contribution is 2.71. The van der Waals surface area contributed by atoms with E-state index in [0.717, 1.165) is 11.1 Å². The van der Waals surface area contributed by atoms with Crippen LogP contribution in [0.25, 0.3) is 0 Å². The molecule has 12 heteroatoms. The molecule has 11 atom stereocenters. The van der Waals surface area contributed by atoms with E-state index in [2.05, 4.69) is 0 Å². The Kier molecular flexibility index (Phi) is 11.3. The van der Waals surface area contributed by atoms with Crippen molar-refractivity contribution in [3.05, 3.63) is 58.6 Å². The zero-order valence-corrected chi connectivity index (χ0v) is 32.7. The zero-order chi connectivity index (χ0) is 39.2. The van der Waals surface area contributed by atoms with Crippen molar-refractivity contribution in [1.29, 1.82) is 0 Å². The van der Waals surface area contributed by atoms with Crippen molar-refractivity contribution >= 4 is 29.8 Å². The minimum absolute atomic E-state index is 0.139. The highest BCUT2D eigenvalue weighted by atomic mass is 16.6. The maximum absolute atomic E-state index is 13.9. The van der Waals surface area contributed by atoms with Gasteiger partial charge in [-0.2, -0.15) is 0 Å². The molecule has 0 spiro atoms. The molecule has 1 aromatic heterocycles. The number of hydrogen-bond acceptors (Lipinski definition) is 12. The minimum atomic E-state index is -1.25. The van der Waals surface area contributed by atoms with E-state index in [-0.39, 0.29) is 25.6 Å². The number of ether oxygens (including phenoxy) is 6. The van der Waals surface area contributed by atoms with Crippen molar-refractivity contribution in [2.24, 2.45) is 28.1 Å². The van der Waals surface area contributed by atoms with Gasteiger partial charge < -0.3 is 32.8 Å². The fourth-order valence-corrected chi connectivity index (χ4v) is 10.2. The molecule has 4 aliphatic rings. The van der Waals surface area contributed by atoms with Crippen LogP contribution in [0.3, 0.4) is 0 Å². The number of carbonyl (C=O) groups excluding carboxylic acids is 5. The van der Waals surface area contributed by atoms with Crippen LogP contribution < -0.4 is 0 Å². The standard InChI is InChI=1S/C41H54O12/c1-12-21(3)37(45)52-32-17-31(51-26(8)44)39(9)20-49-34-35(39)40(32,10)30(19-48-24(6)42)41(11,36(34)53-38(46)22(4)13-2)33-23(5)28(27-14-15-47-18-27)16-29(33)50-25(7)43/h12-15,18,28-32,34-36H,16-17,19-20H2,1-11H3/b21-12+,22-13+/t28-,29+,30-,31-,32+,34-,35-,36-,39-,40+,41-/m1/s1. The summed E-state index contributed by atoms with van der Waals surface area (Å²) in [7, 11) is 0. The molecule has 0 amide bonds. The fraction of sp³-hybridized carbons (Fsp3) is 0.634. The van der Waals surface area contributed by atoms with E-state index in [1.807, 2.05) is 33.8 Å². The third-order valence-corrected chi connectivity index (χ3v) is 12.8. The van der Waals surface area contributed by atoms with Crippen LogP contribution in [0.2, 0.25) is 0 Å². The number of carbonyl (C=O) groups is 5. The lowest BCUT2D eigenvalue weighted by atomic mass is 9.40. The molecular formula is C41H54O12.